The number of aryl methyl sites for hydroxylation is 1. The predicted octanol–water partition coefficient (Wildman–Crippen LogP) is 6.10. The molecule has 1 aromatic heterocycles. The van der Waals surface area contributed by atoms with E-state index in [2.05, 4.69) is 39.6 Å². The molecule has 0 unspecified atom stereocenters. The Bertz CT molecular complexity index is 1560. The lowest BCUT2D eigenvalue weighted by atomic mass is 9.91. The van der Waals surface area contributed by atoms with Gasteiger partial charge in [-0.3, -0.25) is 14.7 Å². The Morgan fingerprint density at radius 2 is 1.95 bits per heavy atom. The number of anilines is 3. The minimum atomic E-state index is -0.247. The van der Waals surface area contributed by atoms with E-state index >= 15 is 0 Å². The maximum atomic E-state index is 13.0. The molecule has 0 atom stereocenters. The van der Waals surface area contributed by atoms with Gasteiger partial charge >= 0.3 is 0 Å². The fourth-order valence-corrected chi connectivity index (χ4v) is 6.16. The number of fused-ring (bicyclic) bond motifs is 1. The number of carbonyl (C=O) groups is 1. The van der Waals surface area contributed by atoms with Crippen molar-refractivity contribution in [2.24, 2.45) is 0 Å². The number of hydrogen-bond donors (Lipinski definition) is 2. The molecule has 0 saturated carbocycles. The van der Waals surface area contributed by atoms with Gasteiger partial charge in [0, 0.05) is 74.2 Å². The number of pyridine rings is 1. The molecule has 44 heavy (non-hydrogen) atoms. The number of benzene rings is 2. The van der Waals surface area contributed by atoms with Crippen LogP contribution in [0, 0.1) is 11.3 Å². The average molecular weight is 617 g/mol. The van der Waals surface area contributed by atoms with Crippen molar-refractivity contribution in [1.29, 1.82) is 5.26 Å². The summed E-state index contributed by atoms with van der Waals surface area (Å²) < 4.78 is 11.4. The van der Waals surface area contributed by atoms with Crippen molar-refractivity contribution in [2.45, 2.75) is 39.0 Å². The molecule has 2 saturated heterocycles. The number of rotatable bonds is 10. The molecule has 1 amide bonds. The van der Waals surface area contributed by atoms with Gasteiger partial charge in [0.2, 0.25) is 5.91 Å². The van der Waals surface area contributed by atoms with Crippen LogP contribution in [0.15, 0.2) is 42.5 Å². The van der Waals surface area contributed by atoms with E-state index in [-0.39, 0.29) is 5.91 Å². The Morgan fingerprint density at radius 1 is 1.18 bits per heavy atom. The first-order valence-corrected chi connectivity index (χ1v) is 15.8. The van der Waals surface area contributed by atoms with E-state index in [9.17, 15) is 10.1 Å². The van der Waals surface area contributed by atoms with E-state index in [0.717, 1.165) is 70.0 Å². The second-order valence-electron chi connectivity index (χ2n) is 11.3. The summed E-state index contributed by atoms with van der Waals surface area (Å²) in [5.41, 5.74) is 4.81. The van der Waals surface area contributed by atoms with Crippen LogP contribution in [0.25, 0.3) is 10.9 Å². The molecule has 3 aromatic rings. The average Bonchev–Trinajstić information content (AvgIpc) is 3.03. The first-order chi connectivity index (χ1) is 21.4. The Labute approximate surface area is 264 Å². The quantitative estimate of drug-likeness (QED) is 0.263. The lowest BCUT2D eigenvalue weighted by Crippen LogP contribution is -2.44. The summed E-state index contributed by atoms with van der Waals surface area (Å²) in [6, 6.07) is 12.0. The van der Waals surface area contributed by atoms with Crippen molar-refractivity contribution in [2.75, 3.05) is 70.2 Å². The van der Waals surface area contributed by atoms with Crippen LogP contribution in [-0.2, 0) is 16.0 Å². The third kappa shape index (κ3) is 7.51. The van der Waals surface area contributed by atoms with Crippen LogP contribution in [0.3, 0.4) is 0 Å². The summed E-state index contributed by atoms with van der Waals surface area (Å²) in [5, 5.41) is 18.1. The van der Waals surface area contributed by atoms with Crippen LogP contribution in [0.2, 0.25) is 5.02 Å². The van der Waals surface area contributed by atoms with E-state index in [1.165, 1.54) is 0 Å². The summed E-state index contributed by atoms with van der Waals surface area (Å²) in [7, 11) is 2.12. The monoisotopic (exact) mass is 616 g/mol. The highest BCUT2D eigenvalue weighted by Crippen LogP contribution is 2.39. The number of piperazine rings is 1. The van der Waals surface area contributed by atoms with E-state index < -0.39 is 0 Å². The van der Waals surface area contributed by atoms with Gasteiger partial charge in [0.15, 0.2) is 0 Å². The third-order valence-corrected chi connectivity index (χ3v) is 8.65. The Hall–Kier alpha value is -3.68. The number of carbonyl (C=O) groups excluding carboxylic acids is 1. The molecule has 0 bridgehead atoms. The molecule has 10 heteroatoms. The van der Waals surface area contributed by atoms with E-state index in [4.69, 9.17) is 26.1 Å². The molecule has 3 heterocycles. The number of ether oxygens (including phenoxy) is 2. The van der Waals surface area contributed by atoms with Gasteiger partial charge < -0.3 is 25.0 Å². The van der Waals surface area contributed by atoms with Crippen LogP contribution < -0.4 is 15.4 Å². The second-order valence-corrected chi connectivity index (χ2v) is 11.7. The minimum absolute atomic E-state index is 0.247. The van der Waals surface area contributed by atoms with Crippen molar-refractivity contribution >= 4 is 45.5 Å². The molecule has 9 nitrogen and oxygen atoms in total. The number of hydrogen-bond acceptors (Lipinski definition) is 8. The zero-order valence-electron chi connectivity index (χ0n) is 25.8. The molecule has 5 rings (SSSR count). The first kappa shape index (κ1) is 31.7. The molecule has 2 N–H and O–H groups in total. The Kier molecular flexibility index (Phi) is 10.7. The fourth-order valence-electron chi connectivity index (χ4n) is 5.82. The van der Waals surface area contributed by atoms with Gasteiger partial charge in [0.25, 0.3) is 0 Å². The molecule has 0 radical (unpaired) electrons. The largest absolute Gasteiger partial charge is 0.492 e. The van der Waals surface area contributed by atoms with Crippen LogP contribution in [0.4, 0.5) is 17.1 Å². The standard InChI is InChI=1S/C34H41ClN6O3/c1-4-29-27(22-36)34(37-24-8-9-25(28(35)19-24)23-10-17-43-18-11-23)26-20-31(32(44-5-2)21-30(26)38-29)39-33(42)7-6-12-41-15-13-40(3)14-16-41/h6-9,19-21,23H,4-5,10-18H2,1-3H3,(H,37,38)(H,39,42)/b7-6+. The highest BCUT2D eigenvalue weighted by Gasteiger charge is 2.21. The van der Waals surface area contributed by atoms with Crippen LogP contribution >= 0.6 is 11.6 Å². The zero-order valence-corrected chi connectivity index (χ0v) is 26.5. The SMILES string of the molecule is CCOc1cc2nc(CC)c(C#N)c(Nc3ccc(C4CCOCC4)c(Cl)c3)c2cc1NC(=O)/C=C/CN1CCN(C)CC1. The smallest absolute Gasteiger partial charge is 0.248 e. The number of aromatic nitrogens is 1. The van der Waals surface area contributed by atoms with Crippen molar-refractivity contribution in [3.63, 3.8) is 0 Å². The molecule has 232 valence electrons. The summed E-state index contributed by atoms with van der Waals surface area (Å²) in [6.45, 7) is 10.5. The number of nitriles is 1. The molecular formula is C34H41ClN6O3. The maximum Gasteiger partial charge on any atom is 0.248 e. The van der Waals surface area contributed by atoms with Crippen molar-refractivity contribution < 1.29 is 14.3 Å². The van der Waals surface area contributed by atoms with Gasteiger partial charge in [-0.1, -0.05) is 30.7 Å². The molecule has 2 aliphatic rings. The van der Waals surface area contributed by atoms with Gasteiger partial charge in [0.1, 0.15) is 11.8 Å². The molecular weight excluding hydrogens is 576 g/mol. The summed E-state index contributed by atoms with van der Waals surface area (Å²) in [6.07, 6.45) is 5.94. The lowest BCUT2D eigenvalue weighted by molar-refractivity contribution is -0.111. The molecule has 2 aromatic carbocycles. The molecule has 2 aliphatic heterocycles. The van der Waals surface area contributed by atoms with Gasteiger partial charge in [-0.15, -0.1) is 0 Å². The minimum Gasteiger partial charge on any atom is -0.492 e. The van der Waals surface area contributed by atoms with Crippen LogP contribution in [0.5, 0.6) is 5.75 Å². The number of amides is 1. The van der Waals surface area contributed by atoms with Gasteiger partial charge in [-0.05, 0) is 62.9 Å². The fraction of sp³-hybridized carbons (Fsp3) is 0.441. The van der Waals surface area contributed by atoms with Crippen molar-refractivity contribution in [3.05, 3.63) is 64.3 Å². The van der Waals surface area contributed by atoms with E-state index in [1.54, 1.807) is 6.08 Å². The molecule has 0 aliphatic carbocycles. The number of likely N-dealkylation sites (N-methyl/N-ethyl adjacent to an activating group) is 1. The van der Waals surface area contributed by atoms with Gasteiger partial charge in [-0.25, -0.2) is 0 Å². The number of nitrogens with one attached hydrogen (secondary N) is 2. The van der Waals surface area contributed by atoms with Gasteiger partial charge in [-0.2, -0.15) is 5.26 Å². The Morgan fingerprint density at radius 3 is 2.64 bits per heavy atom. The summed E-state index contributed by atoms with van der Waals surface area (Å²) in [4.78, 5) is 22.5. The maximum absolute atomic E-state index is 13.0. The second kappa shape index (κ2) is 14.9. The highest BCUT2D eigenvalue weighted by atomic mass is 35.5. The first-order valence-electron chi connectivity index (χ1n) is 15.5. The van der Waals surface area contributed by atoms with E-state index in [0.29, 0.717) is 63.3 Å². The van der Waals surface area contributed by atoms with Crippen LogP contribution in [-0.4, -0.2) is 80.3 Å². The lowest BCUT2D eigenvalue weighted by Gasteiger charge is -2.31. The third-order valence-electron chi connectivity index (χ3n) is 8.33. The Balaban J connectivity index is 1.45. The van der Waals surface area contributed by atoms with E-state index in [1.807, 2.05) is 44.2 Å². The topological polar surface area (TPSA) is 103 Å². The van der Waals surface area contributed by atoms with Crippen LogP contribution in [0.1, 0.15) is 49.4 Å². The van der Waals surface area contributed by atoms with Gasteiger partial charge in [0.05, 0.1) is 34.8 Å². The number of halogens is 1. The normalized spacial score (nSPS) is 16.7. The zero-order chi connectivity index (χ0) is 31.1. The summed E-state index contributed by atoms with van der Waals surface area (Å²) in [5.74, 6) is 0.644. The van der Waals surface area contributed by atoms with Crippen molar-refractivity contribution in [1.82, 2.24) is 14.8 Å². The highest BCUT2D eigenvalue weighted by molar-refractivity contribution is 6.31. The number of nitrogens with zero attached hydrogens (tertiary/aromatic N) is 4. The molecule has 0 spiro atoms. The predicted molar refractivity (Wildman–Crippen MR) is 176 cm³/mol. The summed E-state index contributed by atoms with van der Waals surface area (Å²) >= 11 is 6.78. The van der Waals surface area contributed by atoms with Crippen molar-refractivity contribution in [3.8, 4) is 11.8 Å². The molecule has 2 fully saturated rings.